The number of hydrogen-bond donors (Lipinski definition) is 4. The summed E-state index contributed by atoms with van der Waals surface area (Å²) in [6.45, 7) is 4.86. The van der Waals surface area contributed by atoms with Crippen molar-refractivity contribution >= 4 is 33.7 Å². The predicted octanol–water partition coefficient (Wildman–Crippen LogP) is 5.64. The lowest BCUT2D eigenvalue weighted by molar-refractivity contribution is -0.0124. The Morgan fingerprint density at radius 1 is 1.10 bits per heavy atom. The molecule has 3 saturated carbocycles. The lowest BCUT2D eigenvalue weighted by Crippen LogP contribution is -2.54. The van der Waals surface area contributed by atoms with Gasteiger partial charge in [-0.3, -0.25) is 9.29 Å². The first-order valence-electron chi connectivity index (χ1n) is 14.6. The van der Waals surface area contributed by atoms with Gasteiger partial charge in [-0.15, -0.1) is 0 Å². The van der Waals surface area contributed by atoms with E-state index in [1.165, 1.54) is 35.0 Å². The van der Waals surface area contributed by atoms with Crippen molar-refractivity contribution in [2.24, 2.45) is 17.8 Å². The van der Waals surface area contributed by atoms with Crippen molar-refractivity contribution in [2.75, 3.05) is 38.2 Å². The summed E-state index contributed by atoms with van der Waals surface area (Å²) in [6.07, 6.45) is 4.87. The fourth-order valence-electron chi connectivity index (χ4n) is 7.16. The Morgan fingerprint density at radius 3 is 2.59 bits per heavy atom. The molecule has 7 rings (SSSR count). The summed E-state index contributed by atoms with van der Waals surface area (Å²) in [4.78, 5) is 7.07. The summed E-state index contributed by atoms with van der Waals surface area (Å²) in [5.41, 5.74) is 5.98. The minimum absolute atomic E-state index is 0.0113. The number of aromatic amines is 1. The Hall–Kier alpha value is -2.32. The zero-order valence-electron chi connectivity index (χ0n) is 22.8. The molecule has 1 saturated heterocycles. The van der Waals surface area contributed by atoms with E-state index in [-0.39, 0.29) is 19.3 Å². The molecular formula is C32H41FN4OS. The molecule has 2 aromatic carbocycles. The van der Waals surface area contributed by atoms with Gasteiger partial charge in [0.05, 0.1) is 18.8 Å². The minimum atomic E-state index is -0.240. The normalized spacial score (nSPS) is 25.7. The zero-order chi connectivity index (χ0) is 26.9. The number of halogens is 1. The number of likely N-dealkylation sites (tertiary alicyclic amines) is 1. The van der Waals surface area contributed by atoms with E-state index in [4.69, 9.17) is 12.2 Å². The maximum absolute atomic E-state index is 12.5. The molecule has 5 nitrogen and oxygen atoms in total. The van der Waals surface area contributed by atoms with Gasteiger partial charge < -0.3 is 20.7 Å². The monoisotopic (exact) mass is 548 g/mol. The number of benzene rings is 2. The molecule has 0 radical (unpaired) electrons. The number of thiocarbonyl (C=S) groups is 1. The molecule has 4 aliphatic rings. The summed E-state index contributed by atoms with van der Waals surface area (Å²) in [7, 11) is 0. The molecule has 0 spiro atoms. The highest BCUT2D eigenvalue weighted by molar-refractivity contribution is 7.80. The molecule has 3 aliphatic carbocycles. The van der Waals surface area contributed by atoms with Gasteiger partial charge in [0.25, 0.3) is 0 Å². The maximum atomic E-state index is 12.5. The molecular weight excluding hydrogens is 507 g/mol. The maximum Gasteiger partial charge on any atom is 0.0906 e. The Bertz CT molecular complexity index is 1280. The van der Waals surface area contributed by atoms with Crippen LogP contribution in [0.25, 0.3) is 10.9 Å². The van der Waals surface area contributed by atoms with Crippen LogP contribution in [0.3, 0.4) is 0 Å². The lowest BCUT2D eigenvalue weighted by Gasteiger charge is -2.52. The van der Waals surface area contributed by atoms with Crippen LogP contribution in [0.15, 0.2) is 48.5 Å². The SMILES string of the molecule is CC(=S)Cc1c([C@@H](NC2CC(CO)C3CC2C3)c2ccc(NC3CN(CCCF)C3)cc2)[nH]c2ccccc12. The highest BCUT2D eigenvalue weighted by Gasteiger charge is 2.46. The zero-order valence-corrected chi connectivity index (χ0v) is 23.7. The third kappa shape index (κ3) is 5.64. The number of aliphatic hydroxyl groups excluding tert-OH is 1. The van der Waals surface area contributed by atoms with Crippen LogP contribution in [0.2, 0.25) is 0 Å². The molecule has 208 valence electrons. The summed E-state index contributed by atoms with van der Waals surface area (Å²) in [5.74, 6) is 1.78. The Labute approximate surface area is 236 Å². The number of anilines is 1. The first-order valence-corrected chi connectivity index (χ1v) is 15.0. The van der Waals surface area contributed by atoms with Crippen LogP contribution < -0.4 is 10.6 Å². The van der Waals surface area contributed by atoms with E-state index in [0.29, 0.717) is 36.3 Å². The number of nitrogens with one attached hydrogen (secondary N) is 3. The molecule has 0 amide bonds. The summed E-state index contributed by atoms with van der Waals surface area (Å²) < 4.78 is 12.5. The molecule has 7 heteroatoms. The van der Waals surface area contributed by atoms with E-state index in [1.54, 1.807) is 0 Å². The number of hydrogen-bond acceptors (Lipinski definition) is 5. The Kier molecular flexibility index (Phi) is 8.03. The van der Waals surface area contributed by atoms with Crippen LogP contribution in [0.5, 0.6) is 0 Å². The van der Waals surface area contributed by atoms with Crippen LogP contribution in [-0.2, 0) is 6.42 Å². The number of alkyl halides is 1. The second kappa shape index (κ2) is 11.7. The molecule has 1 aliphatic heterocycles. The third-order valence-corrected chi connectivity index (χ3v) is 9.50. The molecule has 2 bridgehead atoms. The Morgan fingerprint density at radius 2 is 1.87 bits per heavy atom. The largest absolute Gasteiger partial charge is 0.396 e. The second-order valence-electron chi connectivity index (χ2n) is 12.1. The molecule has 1 aromatic heterocycles. The smallest absolute Gasteiger partial charge is 0.0906 e. The van der Waals surface area contributed by atoms with Crippen molar-refractivity contribution in [3.63, 3.8) is 0 Å². The number of para-hydroxylation sites is 1. The molecule has 2 unspecified atom stereocenters. The summed E-state index contributed by atoms with van der Waals surface area (Å²) in [6, 6.07) is 18.2. The van der Waals surface area contributed by atoms with Gasteiger partial charge >= 0.3 is 0 Å². The number of aliphatic hydroxyl groups is 1. The van der Waals surface area contributed by atoms with Gasteiger partial charge in [0.2, 0.25) is 0 Å². The van der Waals surface area contributed by atoms with Crippen molar-refractivity contribution < 1.29 is 9.50 Å². The van der Waals surface area contributed by atoms with Gasteiger partial charge in [-0.2, -0.15) is 0 Å². The highest BCUT2D eigenvalue weighted by Crippen LogP contribution is 2.49. The summed E-state index contributed by atoms with van der Waals surface area (Å²) >= 11 is 5.60. The van der Waals surface area contributed by atoms with Gasteiger partial charge in [0.1, 0.15) is 0 Å². The van der Waals surface area contributed by atoms with Crippen molar-refractivity contribution in [2.45, 2.75) is 57.2 Å². The molecule has 4 N–H and O–H groups in total. The van der Waals surface area contributed by atoms with E-state index in [9.17, 15) is 9.50 Å². The number of H-pyrrole nitrogens is 1. The molecule has 39 heavy (non-hydrogen) atoms. The molecule has 2 heterocycles. The summed E-state index contributed by atoms with van der Waals surface area (Å²) in [5, 5.41) is 19.0. The quantitative estimate of drug-likeness (QED) is 0.221. The lowest BCUT2D eigenvalue weighted by atomic mass is 9.58. The molecule has 3 atom stereocenters. The minimum Gasteiger partial charge on any atom is -0.396 e. The van der Waals surface area contributed by atoms with E-state index >= 15 is 0 Å². The van der Waals surface area contributed by atoms with E-state index in [2.05, 4.69) is 69.0 Å². The number of fused-ring (bicyclic) bond motifs is 3. The second-order valence-corrected chi connectivity index (χ2v) is 12.8. The predicted molar refractivity (Wildman–Crippen MR) is 161 cm³/mol. The average Bonchev–Trinajstić information content (AvgIpc) is 3.25. The highest BCUT2D eigenvalue weighted by atomic mass is 32.1. The van der Waals surface area contributed by atoms with Crippen LogP contribution in [-0.4, -0.2) is 64.9 Å². The Balaban J connectivity index is 1.27. The number of aromatic nitrogens is 1. The molecule has 4 fully saturated rings. The number of rotatable bonds is 12. The fourth-order valence-corrected chi connectivity index (χ4v) is 7.31. The van der Waals surface area contributed by atoms with Crippen LogP contribution >= 0.6 is 12.2 Å². The topological polar surface area (TPSA) is 63.3 Å². The van der Waals surface area contributed by atoms with Gasteiger partial charge in [-0.05, 0) is 84.6 Å². The van der Waals surface area contributed by atoms with E-state index < -0.39 is 0 Å². The van der Waals surface area contributed by atoms with Crippen molar-refractivity contribution in [1.29, 1.82) is 0 Å². The van der Waals surface area contributed by atoms with E-state index in [1.807, 2.05) is 6.92 Å². The first kappa shape index (κ1) is 26.9. The fraction of sp³-hybridized carbons (Fsp3) is 0.531. The number of nitrogens with zero attached hydrogens (tertiary/aromatic N) is 1. The van der Waals surface area contributed by atoms with Crippen LogP contribution in [0.1, 0.15) is 55.5 Å². The third-order valence-electron chi connectivity index (χ3n) is 9.36. The van der Waals surface area contributed by atoms with E-state index in [0.717, 1.165) is 48.5 Å². The van der Waals surface area contributed by atoms with Crippen LogP contribution in [0.4, 0.5) is 10.1 Å². The van der Waals surface area contributed by atoms with Gasteiger partial charge in [0.15, 0.2) is 0 Å². The first-order chi connectivity index (χ1) is 19.0. The van der Waals surface area contributed by atoms with Crippen molar-refractivity contribution in [3.8, 4) is 0 Å². The molecule has 3 aromatic rings. The standard InChI is InChI=1S/C32H41FN4OS/c1-20(39)13-28-27-5-2-3-6-29(27)35-32(28)31(36-30-16-24(19-38)22-14-23(30)15-22)21-7-9-25(10-8-21)34-26-17-37(18-26)12-4-11-33/h2-3,5-10,22-24,26,30-31,34-36,38H,4,11-19H2,1H3/t22?,23?,24?,30?,31-/m0/s1. The van der Waals surface area contributed by atoms with Crippen LogP contribution in [0, 0.1) is 17.8 Å². The van der Waals surface area contributed by atoms with Crippen molar-refractivity contribution in [1.82, 2.24) is 15.2 Å². The van der Waals surface area contributed by atoms with Crippen molar-refractivity contribution in [3.05, 3.63) is 65.4 Å². The van der Waals surface area contributed by atoms with Gasteiger partial charge in [-0.1, -0.05) is 42.5 Å². The average molecular weight is 549 g/mol. The van der Waals surface area contributed by atoms with Gasteiger partial charge in [-0.25, -0.2) is 0 Å². The van der Waals surface area contributed by atoms with Gasteiger partial charge in [0, 0.05) is 61.0 Å².